The molecule has 0 aliphatic heterocycles. The Morgan fingerprint density at radius 1 is 1.58 bits per heavy atom. The highest BCUT2D eigenvalue weighted by Crippen LogP contribution is 2.35. The van der Waals surface area contributed by atoms with Crippen molar-refractivity contribution < 1.29 is 14.6 Å². The fraction of sp³-hybridized carbons (Fsp3) is 0.417. The predicted octanol–water partition coefficient (Wildman–Crippen LogP) is 3.32. The van der Waals surface area contributed by atoms with Gasteiger partial charge < -0.3 is 15.2 Å². The number of carbonyl (C=O) groups is 1. The van der Waals surface area contributed by atoms with Gasteiger partial charge in [-0.25, -0.2) is 4.79 Å². The van der Waals surface area contributed by atoms with E-state index in [2.05, 4.69) is 37.2 Å². The van der Waals surface area contributed by atoms with Crippen LogP contribution in [0.5, 0.6) is 0 Å². The Labute approximate surface area is 133 Å². The number of halogens is 3. The number of alkyl halides is 1. The van der Waals surface area contributed by atoms with Crippen molar-refractivity contribution in [1.29, 1.82) is 0 Å². The normalized spacial score (nSPS) is 12.1. The lowest BCUT2D eigenvalue weighted by molar-refractivity contribution is 0.0598. The zero-order valence-corrected chi connectivity index (χ0v) is 14.4. The third-order valence-electron chi connectivity index (χ3n) is 2.50. The summed E-state index contributed by atoms with van der Waals surface area (Å²) in [5.74, 6) is -0.302. The SMILES string of the molecule is COC(=O)c1c(Br)cc(C)c(NCC(O)CCl)c1Br. The lowest BCUT2D eigenvalue weighted by atomic mass is 10.1. The quantitative estimate of drug-likeness (QED) is 0.572. The first kappa shape index (κ1) is 16.8. The molecular weight excluding hydrogens is 401 g/mol. The molecule has 1 rings (SSSR count). The first-order valence-corrected chi connectivity index (χ1v) is 7.59. The predicted molar refractivity (Wildman–Crippen MR) is 83.1 cm³/mol. The van der Waals surface area contributed by atoms with Gasteiger partial charge in [-0.3, -0.25) is 0 Å². The molecule has 0 heterocycles. The average Bonchev–Trinajstić information content (AvgIpc) is 2.37. The minimum Gasteiger partial charge on any atom is -0.465 e. The van der Waals surface area contributed by atoms with Crippen LogP contribution in [0.3, 0.4) is 0 Å². The number of rotatable bonds is 5. The highest BCUT2D eigenvalue weighted by atomic mass is 79.9. The maximum Gasteiger partial charge on any atom is 0.340 e. The van der Waals surface area contributed by atoms with Gasteiger partial charge in [0.2, 0.25) is 0 Å². The number of aliphatic hydroxyl groups is 1. The standard InChI is InChI=1S/C12H14Br2ClNO3/c1-6-3-8(13)9(12(18)19-2)10(14)11(6)16-5-7(17)4-15/h3,7,16-17H,4-5H2,1-2H3. The molecule has 1 unspecified atom stereocenters. The Morgan fingerprint density at radius 3 is 2.74 bits per heavy atom. The fourth-order valence-electron chi connectivity index (χ4n) is 1.52. The largest absolute Gasteiger partial charge is 0.465 e. The van der Waals surface area contributed by atoms with Crippen LogP contribution in [-0.4, -0.2) is 36.7 Å². The van der Waals surface area contributed by atoms with Gasteiger partial charge in [0.1, 0.15) is 0 Å². The van der Waals surface area contributed by atoms with Crippen LogP contribution in [0.1, 0.15) is 15.9 Å². The van der Waals surface area contributed by atoms with Crippen molar-refractivity contribution in [2.24, 2.45) is 0 Å². The van der Waals surface area contributed by atoms with Gasteiger partial charge in [0, 0.05) is 11.0 Å². The number of nitrogens with one attached hydrogen (secondary N) is 1. The molecule has 1 atom stereocenters. The molecule has 106 valence electrons. The van der Waals surface area contributed by atoms with Gasteiger partial charge in [-0.15, -0.1) is 11.6 Å². The van der Waals surface area contributed by atoms with E-state index >= 15 is 0 Å². The molecule has 0 saturated heterocycles. The van der Waals surface area contributed by atoms with Crippen molar-refractivity contribution in [1.82, 2.24) is 0 Å². The van der Waals surface area contributed by atoms with Crippen molar-refractivity contribution in [3.63, 3.8) is 0 Å². The summed E-state index contributed by atoms with van der Waals surface area (Å²) in [5, 5.41) is 12.5. The Kier molecular flexibility index (Phi) is 6.59. The number of ether oxygens (including phenoxy) is 1. The second kappa shape index (κ2) is 7.47. The van der Waals surface area contributed by atoms with Crippen molar-refractivity contribution in [3.8, 4) is 0 Å². The van der Waals surface area contributed by atoms with E-state index in [9.17, 15) is 9.90 Å². The number of hydrogen-bond donors (Lipinski definition) is 2. The third-order valence-corrected chi connectivity index (χ3v) is 4.27. The van der Waals surface area contributed by atoms with E-state index in [1.165, 1.54) is 7.11 Å². The molecule has 1 aromatic rings. The van der Waals surface area contributed by atoms with Gasteiger partial charge in [0.15, 0.2) is 0 Å². The number of hydrogen-bond acceptors (Lipinski definition) is 4. The maximum absolute atomic E-state index is 11.7. The van der Waals surface area contributed by atoms with Crippen LogP contribution in [0.15, 0.2) is 15.0 Å². The Hall–Kier alpha value is -0.300. The second-order valence-corrected chi connectivity index (χ2v) is 5.88. The van der Waals surface area contributed by atoms with Crippen LogP contribution in [0.25, 0.3) is 0 Å². The molecule has 0 spiro atoms. The van der Waals surface area contributed by atoms with Gasteiger partial charge in [-0.1, -0.05) is 0 Å². The smallest absolute Gasteiger partial charge is 0.340 e. The summed E-state index contributed by atoms with van der Waals surface area (Å²) in [5.41, 5.74) is 2.05. The topological polar surface area (TPSA) is 58.6 Å². The molecular formula is C12H14Br2ClNO3. The molecule has 7 heteroatoms. The molecule has 0 aromatic heterocycles. The second-order valence-electron chi connectivity index (χ2n) is 3.92. The number of methoxy groups -OCH3 is 1. The minimum atomic E-state index is -0.654. The number of aryl methyl sites for hydroxylation is 1. The molecule has 0 bridgehead atoms. The fourth-order valence-corrected chi connectivity index (χ4v) is 3.42. The molecule has 0 aliphatic rings. The molecule has 2 N–H and O–H groups in total. The highest BCUT2D eigenvalue weighted by Gasteiger charge is 2.20. The monoisotopic (exact) mass is 413 g/mol. The van der Waals surface area contributed by atoms with Crippen LogP contribution < -0.4 is 5.32 Å². The molecule has 0 aliphatic carbocycles. The van der Waals surface area contributed by atoms with E-state index in [0.717, 1.165) is 11.3 Å². The summed E-state index contributed by atoms with van der Waals surface area (Å²) >= 11 is 12.3. The summed E-state index contributed by atoms with van der Waals surface area (Å²) in [6.45, 7) is 2.19. The van der Waals surface area contributed by atoms with E-state index in [-0.39, 0.29) is 5.88 Å². The van der Waals surface area contributed by atoms with E-state index < -0.39 is 12.1 Å². The van der Waals surface area contributed by atoms with Crippen LogP contribution in [-0.2, 0) is 4.74 Å². The highest BCUT2D eigenvalue weighted by molar-refractivity contribution is 9.11. The molecule has 0 saturated carbocycles. The third kappa shape index (κ3) is 4.08. The summed E-state index contributed by atoms with van der Waals surface area (Å²) in [6.07, 6.45) is -0.654. The summed E-state index contributed by atoms with van der Waals surface area (Å²) in [7, 11) is 1.32. The van der Waals surface area contributed by atoms with Gasteiger partial charge in [0.25, 0.3) is 0 Å². The average molecular weight is 416 g/mol. The number of aliphatic hydroxyl groups excluding tert-OH is 1. The van der Waals surface area contributed by atoms with E-state index in [1.807, 2.05) is 13.0 Å². The summed E-state index contributed by atoms with van der Waals surface area (Å²) in [4.78, 5) is 11.7. The van der Waals surface area contributed by atoms with E-state index in [4.69, 9.17) is 16.3 Å². The van der Waals surface area contributed by atoms with Crippen LogP contribution in [0.2, 0.25) is 0 Å². The van der Waals surface area contributed by atoms with Crippen LogP contribution in [0, 0.1) is 6.92 Å². The number of esters is 1. The zero-order valence-electron chi connectivity index (χ0n) is 10.5. The van der Waals surface area contributed by atoms with Crippen molar-refractivity contribution in [2.75, 3.05) is 24.9 Å². The first-order chi connectivity index (χ1) is 8.92. The molecule has 0 fully saturated rings. The molecule has 19 heavy (non-hydrogen) atoms. The van der Waals surface area contributed by atoms with Gasteiger partial charge in [-0.05, 0) is 50.4 Å². The Balaban J connectivity index is 3.14. The van der Waals surface area contributed by atoms with E-state index in [1.54, 1.807) is 0 Å². The van der Waals surface area contributed by atoms with Crippen LogP contribution >= 0.6 is 43.5 Å². The lowest BCUT2D eigenvalue weighted by Crippen LogP contribution is -2.21. The molecule has 4 nitrogen and oxygen atoms in total. The van der Waals surface area contributed by atoms with Gasteiger partial charge in [0.05, 0.1) is 34.8 Å². The maximum atomic E-state index is 11.7. The minimum absolute atomic E-state index is 0.143. The molecule has 1 aromatic carbocycles. The number of anilines is 1. The summed E-state index contributed by atoms with van der Waals surface area (Å²) < 4.78 is 5.98. The van der Waals surface area contributed by atoms with Crippen molar-refractivity contribution in [3.05, 3.63) is 26.1 Å². The van der Waals surface area contributed by atoms with Crippen molar-refractivity contribution >= 4 is 55.1 Å². The summed E-state index contributed by atoms with van der Waals surface area (Å²) in [6, 6.07) is 1.81. The van der Waals surface area contributed by atoms with Crippen molar-refractivity contribution in [2.45, 2.75) is 13.0 Å². The zero-order chi connectivity index (χ0) is 14.6. The van der Waals surface area contributed by atoms with Crippen LogP contribution in [0.4, 0.5) is 5.69 Å². The van der Waals surface area contributed by atoms with E-state index in [0.29, 0.717) is 21.1 Å². The first-order valence-electron chi connectivity index (χ1n) is 5.47. The number of carbonyl (C=O) groups excluding carboxylic acids is 1. The van der Waals surface area contributed by atoms with Gasteiger partial charge >= 0.3 is 5.97 Å². The molecule has 0 radical (unpaired) electrons. The van der Waals surface area contributed by atoms with Gasteiger partial charge in [-0.2, -0.15) is 0 Å². The number of benzene rings is 1. The Bertz CT molecular complexity index is 483. The lowest BCUT2D eigenvalue weighted by Gasteiger charge is -2.17. The Morgan fingerprint density at radius 2 is 2.21 bits per heavy atom. The molecule has 0 amide bonds.